The molecule has 158 valence electrons. The Balaban J connectivity index is 1.86. The molecule has 2 heterocycles. The van der Waals surface area contributed by atoms with Crippen LogP contribution in [0.5, 0.6) is 0 Å². The highest BCUT2D eigenvalue weighted by atomic mass is 35.5. The summed E-state index contributed by atoms with van der Waals surface area (Å²) in [4.78, 5) is 25.0. The maximum atomic E-state index is 12.7. The van der Waals surface area contributed by atoms with Crippen molar-refractivity contribution in [3.8, 4) is 5.95 Å². The van der Waals surface area contributed by atoms with E-state index in [2.05, 4.69) is 30.7 Å². The standard InChI is InChI=1S/C17H15ClF3N7OS/c1-9(13-26-15(22-2)27-28(13)16-23-4-3-5-24-16)25-14(29)10-6-11(18)8-12(7-10)30-17(19,20)21/h3-9H,1-2H3,(H,22,27)(H,25,29)/t9-/m0/s1. The molecule has 1 amide bonds. The summed E-state index contributed by atoms with van der Waals surface area (Å²) < 4.78 is 39.3. The van der Waals surface area contributed by atoms with Crippen LogP contribution in [0.25, 0.3) is 5.95 Å². The molecule has 1 aromatic carbocycles. The molecule has 0 unspecified atom stereocenters. The molecule has 0 saturated carbocycles. The van der Waals surface area contributed by atoms with Crippen LogP contribution in [0.4, 0.5) is 19.1 Å². The number of alkyl halides is 3. The molecule has 0 aliphatic carbocycles. The normalized spacial score (nSPS) is 12.5. The minimum atomic E-state index is -4.50. The maximum Gasteiger partial charge on any atom is 0.446 e. The van der Waals surface area contributed by atoms with Crippen molar-refractivity contribution in [1.82, 2.24) is 30.0 Å². The van der Waals surface area contributed by atoms with Gasteiger partial charge in [0.15, 0.2) is 5.82 Å². The van der Waals surface area contributed by atoms with Crippen LogP contribution >= 0.6 is 23.4 Å². The van der Waals surface area contributed by atoms with E-state index in [9.17, 15) is 18.0 Å². The fourth-order valence-electron chi connectivity index (χ4n) is 2.49. The lowest BCUT2D eigenvalue weighted by molar-refractivity contribution is -0.0328. The summed E-state index contributed by atoms with van der Waals surface area (Å²) in [5.74, 6) is 0.230. The van der Waals surface area contributed by atoms with Gasteiger partial charge in [0, 0.05) is 34.9 Å². The van der Waals surface area contributed by atoms with Crippen molar-refractivity contribution in [3.05, 3.63) is 53.1 Å². The van der Waals surface area contributed by atoms with Crippen molar-refractivity contribution in [1.29, 1.82) is 0 Å². The monoisotopic (exact) mass is 457 g/mol. The topological polar surface area (TPSA) is 97.6 Å². The second-order valence-corrected chi connectivity index (χ2v) is 7.50. The van der Waals surface area contributed by atoms with Gasteiger partial charge < -0.3 is 10.6 Å². The van der Waals surface area contributed by atoms with E-state index >= 15 is 0 Å². The Bertz CT molecular complexity index is 1050. The van der Waals surface area contributed by atoms with E-state index in [4.69, 9.17) is 11.6 Å². The summed E-state index contributed by atoms with van der Waals surface area (Å²) in [7, 11) is 1.63. The second kappa shape index (κ2) is 8.88. The number of aromatic nitrogens is 5. The first-order chi connectivity index (χ1) is 14.2. The van der Waals surface area contributed by atoms with E-state index in [1.807, 2.05) is 0 Å². The molecule has 0 saturated heterocycles. The molecule has 8 nitrogen and oxygen atoms in total. The molecule has 0 bridgehead atoms. The number of thioether (sulfide) groups is 1. The lowest BCUT2D eigenvalue weighted by atomic mass is 10.2. The number of amides is 1. The minimum Gasteiger partial charge on any atom is -0.356 e. The van der Waals surface area contributed by atoms with Gasteiger partial charge in [0.25, 0.3) is 11.9 Å². The van der Waals surface area contributed by atoms with Gasteiger partial charge in [-0.15, -0.1) is 5.10 Å². The van der Waals surface area contributed by atoms with Gasteiger partial charge in [-0.2, -0.15) is 22.8 Å². The average molecular weight is 458 g/mol. The number of hydrogen-bond donors (Lipinski definition) is 2. The molecule has 3 rings (SSSR count). The van der Waals surface area contributed by atoms with Crippen LogP contribution in [0.2, 0.25) is 5.02 Å². The van der Waals surface area contributed by atoms with Crippen molar-refractivity contribution in [2.75, 3.05) is 12.4 Å². The van der Waals surface area contributed by atoms with Gasteiger partial charge in [-0.05, 0) is 43.0 Å². The molecule has 0 aliphatic heterocycles. The Kier molecular flexibility index (Phi) is 6.46. The highest BCUT2D eigenvalue weighted by Crippen LogP contribution is 2.38. The van der Waals surface area contributed by atoms with Crippen LogP contribution in [-0.2, 0) is 0 Å². The van der Waals surface area contributed by atoms with Crippen LogP contribution in [-0.4, -0.2) is 43.2 Å². The third-order valence-electron chi connectivity index (χ3n) is 3.70. The first-order valence-electron chi connectivity index (χ1n) is 8.45. The van der Waals surface area contributed by atoms with Gasteiger partial charge in [-0.3, -0.25) is 4.79 Å². The van der Waals surface area contributed by atoms with Crippen molar-refractivity contribution in [3.63, 3.8) is 0 Å². The predicted molar refractivity (Wildman–Crippen MR) is 106 cm³/mol. The average Bonchev–Trinajstić information content (AvgIpc) is 3.11. The number of anilines is 1. The third kappa shape index (κ3) is 5.39. The van der Waals surface area contributed by atoms with Crippen LogP contribution in [0, 0.1) is 0 Å². The Morgan fingerprint density at radius 3 is 2.57 bits per heavy atom. The molecule has 0 spiro atoms. The van der Waals surface area contributed by atoms with E-state index in [1.165, 1.54) is 23.1 Å². The summed E-state index contributed by atoms with van der Waals surface area (Å²) in [5.41, 5.74) is -4.52. The number of carbonyl (C=O) groups excluding carboxylic acids is 1. The zero-order chi connectivity index (χ0) is 21.9. The molecule has 0 fully saturated rings. The second-order valence-electron chi connectivity index (χ2n) is 5.92. The highest BCUT2D eigenvalue weighted by molar-refractivity contribution is 8.00. The van der Waals surface area contributed by atoms with E-state index in [-0.39, 0.29) is 39.1 Å². The fourth-order valence-corrected chi connectivity index (χ4v) is 3.43. The maximum absolute atomic E-state index is 12.7. The molecule has 0 radical (unpaired) electrons. The molecule has 2 N–H and O–H groups in total. The highest BCUT2D eigenvalue weighted by Gasteiger charge is 2.30. The van der Waals surface area contributed by atoms with Gasteiger partial charge in [-0.1, -0.05) is 11.6 Å². The molecular formula is C17H15ClF3N7OS. The van der Waals surface area contributed by atoms with Crippen LogP contribution in [0.3, 0.4) is 0 Å². The molecule has 13 heteroatoms. The quantitative estimate of drug-likeness (QED) is 0.542. The molecular weight excluding hydrogens is 443 g/mol. The van der Waals surface area contributed by atoms with E-state index < -0.39 is 17.5 Å². The summed E-state index contributed by atoms with van der Waals surface area (Å²) in [5, 5.41) is 9.73. The summed E-state index contributed by atoms with van der Waals surface area (Å²) in [6, 6.07) is 4.51. The molecule has 30 heavy (non-hydrogen) atoms. The van der Waals surface area contributed by atoms with Crippen LogP contribution < -0.4 is 10.6 Å². The van der Waals surface area contributed by atoms with E-state index in [0.717, 1.165) is 12.1 Å². The Labute approximate surface area is 178 Å². The van der Waals surface area contributed by atoms with E-state index in [0.29, 0.717) is 5.82 Å². The fraction of sp³-hybridized carbons (Fsp3) is 0.235. The summed E-state index contributed by atoms with van der Waals surface area (Å²) in [6.45, 7) is 1.65. The first-order valence-corrected chi connectivity index (χ1v) is 9.65. The Morgan fingerprint density at radius 1 is 1.23 bits per heavy atom. The first kappa shape index (κ1) is 21.8. The molecule has 2 aromatic heterocycles. The number of nitrogens with one attached hydrogen (secondary N) is 2. The number of halogens is 4. The molecule has 3 aromatic rings. The number of carbonyl (C=O) groups is 1. The van der Waals surface area contributed by atoms with Gasteiger partial charge in [0.1, 0.15) is 0 Å². The number of nitrogens with zero attached hydrogens (tertiary/aromatic N) is 5. The van der Waals surface area contributed by atoms with Crippen molar-refractivity contribution in [2.24, 2.45) is 0 Å². The lowest BCUT2D eigenvalue weighted by Crippen LogP contribution is -2.29. The summed E-state index contributed by atoms with van der Waals surface area (Å²) >= 11 is 5.54. The smallest absolute Gasteiger partial charge is 0.356 e. The van der Waals surface area contributed by atoms with Crippen LogP contribution in [0.1, 0.15) is 29.1 Å². The zero-order valence-corrected chi connectivity index (χ0v) is 17.2. The lowest BCUT2D eigenvalue weighted by Gasteiger charge is -2.14. The van der Waals surface area contributed by atoms with Gasteiger partial charge in [0.2, 0.25) is 5.95 Å². The number of rotatable bonds is 6. The van der Waals surface area contributed by atoms with Gasteiger partial charge in [-0.25, -0.2) is 9.97 Å². The Morgan fingerprint density at radius 2 is 1.93 bits per heavy atom. The number of benzene rings is 1. The predicted octanol–water partition coefficient (Wildman–Crippen LogP) is 3.86. The number of hydrogen-bond acceptors (Lipinski definition) is 7. The molecule has 0 aliphatic rings. The zero-order valence-electron chi connectivity index (χ0n) is 15.6. The SMILES string of the molecule is CNc1nc([C@H](C)NC(=O)c2cc(Cl)cc(SC(F)(F)F)c2)n(-c2ncccn2)n1. The van der Waals surface area contributed by atoms with Crippen molar-refractivity contribution in [2.45, 2.75) is 23.4 Å². The Hall–Kier alpha value is -2.86. The largest absolute Gasteiger partial charge is 0.446 e. The molecule has 1 atom stereocenters. The van der Waals surface area contributed by atoms with E-state index in [1.54, 1.807) is 20.0 Å². The van der Waals surface area contributed by atoms with Crippen LogP contribution in [0.15, 0.2) is 41.6 Å². The minimum absolute atomic E-state index is 0.0142. The van der Waals surface area contributed by atoms with Gasteiger partial charge in [0.05, 0.1) is 6.04 Å². The third-order valence-corrected chi connectivity index (χ3v) is 4.62. The summed E-state index contributed by atoms with van der Waals surface area (Å²) in [6.07, 6.45) is 3.06. The van der Waals surface area contributed by atoms with Crippen molar-refractivity contribution < 1.29 is 18.0 Å². The van der Waals surface area contributed by atoms with Crippen molar-refractivity contribution >= 4 is 35.2 Å². The van der Waals surface area contributed by atoms with Gasteiger partial charge >= 0.3 is 5.51 Å².